The second-order valence-corrected chi connectivity index (χ2v) is 22.2. The normalized spacial score (nSPS) is 18.3. The maximum atomic E-state index is 12.3. The van der Waals surface area contributed by atoms with Gasteiger partial charge in [0.05, 0.1) is 16.7 Å². The highest BCUT2D eigenvalue weighted by molar-refractivity contribution is 9.10. The Hall–Kier alpha value is -8.09. The van der Waals surface area contributed by atoms with Crippen molar-refractivity contribution in [2.45, 2.75) is 114 Å². The molecule has 5 aliphatic rings. The first kappa shape index (κ1) is 78.2. The van der Waals surface area contributed by atoms with Gasteiger partial charge < -0.3 is 45.7 Å². The van der Waals surface area contributed by atoms with Crippen LogP contribution in [0.25, 0.3) is 0 Å². The average Bonchev–Trinajstić information content (AvgIpc) is 0.991. The van der Waals surface area contributed by atoms with Gasteiger partial charge in [-0.05, 0) is 66.9 Å². The molecule has 5 aliphatic heterocycles. The molecule has 4 atom stereocenters. The molecule has 5 saturated heterocycles. The summed E-state index contributed by atoms with van der Waals surface area (Å²) in [4.78, 5) is 163. The van der Waals surface area contributed by atoms with Gasteiger partial charge in [0.25, 0.3) is 0 Å². The fourth-order valence-electron chi connectivity index (χ4n) is 8.47. The van der Waals surface area contributed by atoms with Gasteiger partial charge in [-0.15, -0.1) is 23.2 Å². The number of hydrogen-bond donors (Lipinski definition) is 8. The van der Waals surface area contributed by atoms with Crippen LogP contribution in [-0.2, 0) is 86.8 Å². The molecule has 0 radical (unpaired) electrons. The number of imide groups is 4. The molecule has 0 spiro atoms. The molecule has 32 heteroatoms. The SMILES string of the molecule is CCCCN.O=C(Cl)CCl.O=C1CCC(Br)C(=O)N1.O=C1CCC(N(CCNC(=O)OCc2ccccc2)C(=O)CCl)C(=O)N1.O=C1CCC(N2CCN(C(=O)OCc3ccccc3)CC2=O)C(=O)N1.O=C1CCC(NCCNC(=O)OCc2ccccc2)C(=O)N1. The fourth-order valence-corrected chi connectivity index (χ4v) is 8.97. The number of piperidine rings is 4. The molecule has 0 aliphatic carbocycles. The molecule has 0 bridgehead atoms. The standard InChI is InChI=1S/C17H20ClN3O5.C17H19N3O5.C15H19N3O4.C5H6BrNO2.C4H11N.C2H2Cl2O/c18-10-15(23)21(13-6-7-14(22)20-16(13)24)9-8-19-17(25)26-11-12-4-2-1-3-5-12;21-14-7-6-13(16(23)18-14)20-9-8-19(10-15(20)22)17(24)25-11-12-4-2-1-3-5-12;19-13-7-6-12(14(20)18-13)16-8-9-17-15(21)22-10-11-4-2-1-3-5-11;6-3-1-2-4(8)7-5(3)9;1-2-3-4-5;3-1-2(4)5/h1-5,13H,6-11H2,(H,19,25)(H,20,22,24);1-5,13H,6-11H2,(H,18,21,23);1-5,12,16H,6-10H2,(H,17,21)(H,18,19,20);3H,1-2H2,(H,7,8,9);2-5H2,1H3;1H2. The van der Waals surface area contributed by atoms with E-state index in [1.165, 1.54) is 27.5 Å². The summed E-state index contributed by atoms with van der Waals surface area (Å²) in [6.07, 6.45) is 3.46. The van der Waals surface area contributed by atoms with Gasteiger partial charge in [0.2, 0.25) is 64.3 Å². The minimum Gasteiger partial charge on any atom is -0.445 e. The van der Waals surface area contributed by atoms with Gasteiger partial charge in [-0.2, -0.15) is 0 Å². The van der Waals surface area contributed by atoms with Crippen LogP contribution in [0.1, 0.15) is 87.8 Å². The number of carbonyl (C=O) groups is 14. The highest BCUT2D eigenvalue weighted by Gasteiger charge is 2.39. The number of ether oxygens (including phenoxy) is 3. The third kappa shape index (κ3) is 31.3. The predicted molar refractivity (Wildman–Crippen MR) is 339 cm³/mol. The monoisotopic (exact) mass is 1410 g/mol. The Kier molecular flexibility index (Phi) is 37.7. The summed E-state index contributed by atoms with van der Waals surface area (Å²) >= 11 is 18.3. The Morgan fingerprint density at radius 2 is 1.07 bits per heavy atom. The van der Waals surface area contributed by atoms with Crippen LogP contribution in [0.2, 0.25) is 0 Å². The van der Waals surface area contributed by atoms with Crippen molar-refractivity contribution in [1.82, 2.24) is 51.9 Å². The van der Waals surface area contributed by atoms with Gasteiger partial charge >= 0.3 is 18.3 Å². The number of piperazine rings is 1. The Balaban J connectivity index is 0.000000315. The molecule has 13 amide bonds. The number of hydrogen-bond acceptors (Lipinski definition) is 19. The molecule has 0 aromatic heterocycles. The van der Waals surface area contributed by atoms with Crippen LogP contribution in [0, 0.1) is 0 Å². The van der Waals surface area contributed by atoms with Gasteiger partial charge in [0, 0.05) is 65.0 Å². The van der Waals surface area contributed by atoms with Crippen LogP contribution in [0.4, 0.5) is 14.4 Å². The molecule has 502 valence electrons. The number of nitrogens with one attached hydrogen (secondary N) is 7. The van der Waals surface area contributed by atoms with Gasteiger partial charge in [-0.1, -0.05) is 120 Å². The van der Waals surface area contributed by atoms with Crippen molar-refractivity contribution in [2.24, 2.45) is 5.73 Å². The number of nitrogens with zero attached hydrogens (tertiary/aromatic N) is 3. The molecule has 9 N–H and O–H groups in total. The van der Waals surface area contributed by atoms with Gasteiger partial charge in [0.1, 0.15) is 44.3 Å². The summed E-state index contributed by atoms with van der Waals surface area (Å²) in [6.45, 7) is 4.79. The number of benzene rings is 3. The first-order chi connectivity index (χ1) is 44.1. The molecule has 5 fully saturated rings. The fraction of sp³-hybridized carbons (Fsp3) is 0.467. The summed E-state index contributed by atoms with van der Waals surface area (Å²) in [5, 5.41) is 16.5. The Bertz CT molecular complexity index is 2940. The number of unbranched alkanes of at least 4 members (excludes halogenated alkanes) is 1. The Morgan fingerprint density at radius 1 is 0.598 bits per heavy atom. The number of nitrogens with two attached hydrogens (primary N) is 1. The van der Waals surface area contributed by atoms with E-state index in [0.29, 0.717) is 45.2 Å². The lowest BCUT2D eigenvalue weighted by molar-refractivity contribution is -0.148. The van der Waals surface area contributed by atoms with E-state index in [0.717, 1.165) is 23.2 Å². The van der Waals surface area contributed by atoms with Crippen LogP contribution in [0.3, 0.4) is 0 Å². The van der Waals surface area contributed by atoms with E-state index in [9.17, 15) is 67.1 Å². The summed E-state index contributed by atoms with van der Waals surface area (Å²) < 4.78 is 15.4. The minimum atomic E-state index is -0.777. The molecule has 3 aromatic carbocycles. The third-order valence-electron chi connectivity index (χ3n) is 13.2. The van der Waals surface area contributed by atoms with E-state index in [2.05, 4.69) is 60.1 Å². The molecular formula is C60H77BrCl3N11O17. The molecule has 92 heavy (non-hydrogen) atoms. The topological polar surface area (TPSA) is 387 Å². The van der Waals surface area contributed by atoms with Crippen LogP contribution in [0.15, 0.2) is 91.0 Å². The molecular weight excluding hydrogens is 1330 g/mol. The molecule has 5 heterocycles. The summed E-state index contributed by atoms with van der Waals surface area (Å²) in [5.41, 5.74) is 7.77. The number of amides is 13. The van der Waals surface area contributed by atoms with E-state index in [1.807, 2.05) is 91.0 Å². The smallest absolute Gasteiger partial charge is 0.410 e. The van der Waals surface area contributed by atoms with Crippen LogP contribution >= 0.6 is 50.7 Å². The highest BCUT2D eigenvalue weighted by Crippen LogP contribution is 2.18. The number of rotatable bonds is 19. The number of alkyl halides is 3. The van der Waals surface area contributed by atoms with Crippen molar-refractivity contribution in [3.8, 4) is 0 Å². The highest BCUT2D eigenvalue weighted by atomic mass is 79.9. The quantitative estimate of drug-likeness (QED) is 0.0281. The third-order valence-corrected chi connectivity index (χ3v) is 14.8. The first-order valence-corrected chi connectivity index (χ1v) is 31.6. The average molecular weight is 1410 g/mol. The molecule has 0 saturated carbocycles. The summed E-state index contributed by atoms with van der Waals surface area (Å²) in [7, 11) is 0. The molecule has 3 aromatic rings. The Morgan fingerprint density at radius 3 is 1.50 bits per heavy atom. The van der Waals surface area contributed by atoms with E-state index in [-0.39, 0.29) is 136 Å². The second-order valence-electron chi connectivity index (χ2n) is 20.2. The Labute approximate surface area is 555 Å². The lowest BCUT2D eigenvalue weighted by Gasteiger charge is -2.38. The van der Waals surface area contributed by atoms with Crippen molar-refractivity contribution in [3.63, 3.8) is 0 Å². The van der Waals surface area contributed by atoms with Crippen molar-refractivity contribution < 1.29 is 81.3 Å². The van der Waals surface area contributed by atoms with Crippen molar-refractivity contribution in [3.05, 3.63) is 108 Å². The van der Waals surface area contributed by atoms with E-state index >= 15 is 0 Å². The number of carbonyl (C=O) groups excluding carboxylic acids is 14. The summed E-state index contributed by atoms with van der Waals surface area (Å²) in [5.74, 6) is -3.79. The van der Waals surface area contributed by atoms with E-state index in [4.69, 9.17) is 54.7 Å². The van der Waals surface area contributed by atoms with Crippen LogP contribution in [0.5, 0.6) is 0 Å². The lowest BCUT2D eigenvalue weighted by atomic mass is 10.0. The van der Waals surface area contributed by atoms with Gasteiger partial charge in [-0.3, -0.25) is 78.9 Å². The second kappa shape index (κ2) is 44.4. The summed E-state index contributed by atoms with van der Waals surface area (Å²) in [6, 6.07) is 26.1. The minimum absolute atomic E-state index is 0.0816. The predicted octanol–water partition coefficient (Wildman–Crippen LogP) is 3.29. The van der Waals surface area contributed by atoms with E-state index < -0.39 is 53.3 Å². The van der Waals surface area contributed by atoms with Crippen LogP contribution < -0.4 is 43.0 Å². The van der Waals surface area contributed by atoms with Gasteiger partial charge in [-0.25, -0.2) is 14.4 Å². The molecule has 4 unspecified atom stereocenters. The lowest BCUT2D eigenvalue weighted by Crippen LogP contribution is -2.60. The zero-order valence-corrected chi connectivity index (χ0v) is 54.5. The largest absolute Gasteiger partial charge is 0.445 e. The van der Waals surface area contributed by atoms with Gasteiger partial charge in [0.15, 0.2) is 0 Å². The van der Waals surface area contributed by atoms with Crippen molar-refractivity contribution in [2.75, 3.05) is 64.1 Å². The first-order valence-electron chi connectivity index (χ1n) is 29.2. The van der Waals surface area contributed by atoms with Crippen molar-refractivity contribution in [1.29, 1.82) is 0 Å². The van der Waals surface area contributed by atoms with Crippen molar-refractivity contribution >= 4 is 133 Å². The molecule has 8 rings (SSSR count). The van der Waals surface area contributed by atoms with Crippen LogP contribution in [-0.4, -0.2) is 184 Å². The zero-order valence-electron chi connectivity index (χ0n) is 50.6. The number of halogens is 4. The maximum absolute atomic E-state index is 12.3. The zero-order chi connectivity index (χ0) is 67.8. The molecule has 28 nitrogen and oxygen atoms in total. The van der Waals surface area contributed by atoms with E-state index in [1.54, 1.807) is 0 Å². The number of alkyl carbamates (subject to hydrolysis) is 2. The maximum Gasteiger partial charge on any atom is 0.410 e.